The first-order chi connectivity index (χ1) is 10.7. The molecule has 1 atom stereocenters. The molecule has 1 fully saturated rings. The van der Waals surface area contributed by atoms with Crippen molar-refractivity contribution in [3.8, 4) is 0 Å². The zero-order valence-electron chi connectivity index (χ0n) is 14.1. The maximum absolute atomic E-state index is 5.65. The summed E-state index contributed by atoms with van der Waals surface area (Å²) in [6, 6.07) is 8.83. The lowest BCUT2D eigenvalue weighted by atomic mass is 10.1. The van der Waals surface area contributed by atoms with Crippen molar-refractivity contribution in [2.75, 3.05) is 26.7 Å². The normalized spacial score (nSPS) is 18.5. The molecule has 1 heterocycles. The van der Waals surface area contributed by atoms with Crippen molar-refractivity contribution in [3.05, 3.63) is 35.4 Å². The Hall–Kier alpha value is -1.55. The van der Waals surface area contributed by atoms with Gasteiger partial charge in [0.25, 0.3) is 0 Å². The minimum Gasteiger partial charge on any atom is -0.376 e. The molecular weight excluding hydrogens is 274 g/mol. The SMILES string of the molecule is CCNC(=NCC1CCCO1)N(C)Cc1ccc(CC)cc1. The minimum atomic E-state index is 0.297. The Morgan fingerprint density at radius 3 is 2.59 bits per heavy atom. The van der Waals surface area contributed by atoms with Crippen LogP contribution in [0.5, 0.6) is 0 Å². The van der Waals surface area contributed by atoms with Crippen molar-refractivity contribution in [2.24, 2.45) is 4.99 Å². The minimum absolute atomic E-state index is 0.297. The fourth-order valence-electron chi connectivity index (χ4n) is 2.68. The molecule has 0 aliphatic carbocycles. The highest BCUT2D eigenvalue weighted by atomic mass is 16.5. The van der Waals surface area contributed by atoms with Gasteiger partial charge in [0.1, 0.15) is 0 Å². The Kier molecular flexibility index (Phi) is 6.72. The molecule has 1 aromatic carbocycles. The predicted molar refractivity (Wildman–Crippen MR) is 92.2 cm³/mol. The van der Waals surface area contributed by atoms with Gasteiger partial charge in [0, 0.05) is 26.7 Å². The van der Waals surface area contributed by atoms with Gasteiger partial charge in [-0.3, -0.25) is 4.99 Å². The molecule has 0 bridgehead atoms. The van der Waals surface area contributed by atoms with E-state index in [2.05, 4.69) is 55.4 Å². The van der Waals surface area contributed by atoms with Gasteiger partial charge >= 0.3 is 0 Å². The first-order valence-corrected chi connectivity index (χ1v) is 8.41. The molecule has 1 unspecified atom stereocenters. The van der Waals surface area contributed by atoms with E-state index in [1.165, 1.54) is 11.1 Å². The van der Waals surface area contributed by atoms with Crippen molar-refractivity contribution >= 4 is 5.96 Å². The molecule has 0 saturated carbocycles. The molecule has 122 valence electrons. The highest BCUT2D eigenvalue weighted by Crippen LogP contribution is 2.12. The van der Waals surface area contributed by atoms with Gasteiger partial charge < -0.3 is 15.0 Å². The number of aryl methyl sites for hydroxylation is 1. The second-order valence-electron chi connectivity index (χ2n) is 5.86. The van der Waals surface area contributed by atoms with Crippen LogP contribution in [0.15, 0.2) is 29.3 Å². The van der Waals surface area contributed by atoms with E-state index >= 15 is 0 Å². The van der Waals surface area contributed by atoms with Crippen molar-refractivity contribution in [1.29, 1.82) is 0 Å². The van der Waals surface area contributed by atoms with E-state index in [0.717, 1.165) is 51.5 Å². The molecule has 1 aliphatic heterocycles. The second kappa shape index (κ2) is 8.79. The molecule has 1 N–H and O–H groups in total. The monoisotopic (exact) mass is 303 g/mol. The third kappa shape index (κ3) is 5.02. The van der Waals surface area contributed by atoms with Gasteiger partial charge in [-0.2, -0.15) is 0 Å². The summed E-state index contributed by atoms with van der Waals surface area (Å²) in [6.07, 6.45) is 3.68. The predicted octanol–water partition coefficient (Wildman–Crippen LogP) is 2.83. The maximum atomic E-state index is 5.65. The van der Waals surface area contributed by atoms with Crippen LogP contribution in [0, 0.1) is 0 Å². The fraction of sp³-hybridized carbons (Fsp3) is 0.611. The van der Waals surface area contributed by atoms with E-state index in [-0.39, 0.29) is 0 Å². The van der Waals surface area contributed by atoms with E-state index in [0.29, 0.717) is 6.10 Å². The maximum Gasteiger partial charge on any atom is 0.194 e. The van der Waals surface area contributed by atoms with Gasteiger partial charge in [-0.1, -0.05) is 31.2 Å². The number of aliphatic imine (C=N–C) groups is 1. The summed E-state index contributed by atoms with van der Waals surface area (Å²) in [6.45, 7) is 7.66. The molecule has 4 heteroatoms. The Bertz CT molecular complexity index is 464. The third-order valence-corrected chi connectivity index (χ3v) is 4.02. The first-order valence-electron chi connectivity index (χ1n) is 8.41. The average molecular weight is 303 g/mol. The zero-order chi connectivity index (χ0) is 15.8. The van der Waals surface area contributed by atoms with Gasteiger partial charge in [-0.15, -0.1) is 0 Å². The van der Waals surface area contributed by atoms with Gasteiger partial charge in [0.2, 0.25) is 0 Å². The number of guanidine groups is 1. The topological polar surface area (TPSA) is 36.9 Å². The van der Waals surface area contributed by atoms with Crippen molar-refractivity contribution in [1.82, 2.24) is 10.2 Å². The van der Waals surface area contributed by atoms with Crippen LogP contribution < -0.4 is 5.32 Å². The van der Waals surface area contributed by atoms with Crippen LogP contribution in [-0.4, -0.2) is 43.7 Å². The van der Waals surface area contributed by atoms with Crippen molar-refractivity contribution in [2.45, 2.75) is 45.8 Å². The Morgan fingerprint density at radius 2 is 2.00 bits per heavy atom. The van der Waals surface area contributed by atoms with Gasteiger partial charge in [-0.05, 0) is 37.3 Å². The van der Waals surface area contributed by atoms with Crippen LogP contribution in [0.1, 0.15) is 37.8 Å². The van der Waals surface area contributed by atoms with Crippen LogP contribution >= 0.6 is 0 Å². The molecule has 0 radical (unpaired) electrons. The first kappa shape index (κ1) is 16.8. The molecular formula is C18H29N3O. The quantitative estimate of drug-likeness (QED) is 0.648. The smallest absolute Gasteiger partial charge is 0.194 e. The molecule has 0 aromatic heterocycles. The number of nitrogens with one attached hydrogen (secondary N) is 1. The highest BCUT2D eigenvalue weighted by Gasteiger charge is 2.15. The molecule has 0 spiro atoms. The van der Waals surface area contributed by atoms with Crippen LogP contribution in [0.25, 0.3) is 0 Å². The summed E-state index contributed by atoms with van der Waals surface area (Å²) in [7, 11) is 2.09. The van der Waals surface area contributed by atoms with E-state index in [1.54, 1.807) is 0 Å². The molecule has 0 amide bonds. The van der Waals surface area contributed by atoms with E-state index < -0.39 is 0 Å². The van der Waals surface area contributed by atoms with Crippen LogP contribution in [-0.2, 0) is 17.7 Å². The summed E-state index contributed by atoms with van der Waals surface area (Å²) in [5.41, 5.74) is 2.69. The number of benzene rings is 1. The molecule has 22 heavy (non-hydrogen) atoms. The standard InChI is InChI=1S/C18H29N3O/c1-4-15-8-10-16(11-9-15)14-21(3)18(19-5-2)20-13-17-7-6-12-22-17/h8-11,17H,4-7,12-14H2,1-3H3,(H,19,20). The molecule has 2 rings (SSSR count). The average Bonchev–Trinajstić information content (AvgIpc) is 3.05. The van der Waals surface area contributed by atoms with Gasteiger partial charge in [0.05, 0.1) is 12.6 Å². The second-order valence-corrected chi connectivity index (χ2v) is 5.86. The van der Waals surface area contributed by atoms with E-state index in [4.69, 9.17) is 9.73 Å². The summed E-state index contributed by atoms with van der Waals surface area (Å²) in [5.74, 6) is 0.956. The fourth-order valence-corrected chi connectivity index (χ4v) is 2.68. The zero-order valence-corrected chi connectivity index (χ0v) is 14.1. The Balaban J connectivity index is 1.94. The van der Waals surface area contributed by atoms with Crippen molar-refractivity contribution in [3.63, 3.8) is 0 Å². The number of rotatable bonds is 6. The lowest BCUT2D eigenvalue weighted by Crippen LogP contribution is -2.39. The number of nitrogens with zero attached hydrogens (tertiary/aromatic N) is 2. The van der Waals surface area contributed by atoms with Gasteiger partial charge in [-0.25, -0.2) is 0 Å². The highest BCUT2D eigenvalue weighted by molar-refractivity contribution is 5.79. The Morgan fingerprint density at radius 1 is 1.27 bits per heavy atom. The largest absolute Gasteiger partial charge is 0.376 e. The molecule has 1 aromatic rings. The van der Waals surface area contributed by atoms with Crippen LogP contribution in [0.3, 0.4) is 0 Å². The van der Waals surface area contributed by atoms with Crippen LogP contribution in [0.2, 0.25) is 0 Å². The van der Waals surface area contributed by atoms with E-state index in [1.807, 2.05) is 0 Å². The third-order valence-electron chi connectivity index (χ3n) is 4.02. The summed E-state index contributed by atoms with van der Waals surface area (Å²) < 4.78 is 5.65. The number of hydrogen-bond donors (Lipinski definition) is 1. The lowest BCUT2D eigenvalue weighted by Gasteiger charge is -2.22. The van der Waals surface area contributed by atoms with Crippen molar-refractivity contribution < 1.29 is 4.74 Å². The van der Waals surface area contributed by atoms with Gasteiger partial charge in [0.15, 0.2) is 5.96 Å². The molecule has 1 saturated heterocycles. The summed E-state index contributed by atoms with van der Waals surface area (Å²) in [5, 5.41) is 3.37. The Labute approximate surface area is 134 Å². The lowest BCUT2D eigenvalue weighted by molar-refractivity contribution is 0.117. The molecule has 1 aliphatic rings. The summed E-state index contributed by atoms with van der Waals surface area (Å²) >= 11 is 0. The molecule has 4 nitrogen and oxygen atoms in total. The van der Waals surface area contributed by atoms with E-state index in [9.17, 15) is 0 Å². The number of hydrogen-bond acceptors (Lipinski definition) is 2. The summed E-state index contributed by atoms with van der Waals surface area (Å²) in [4.78, 5) is 6.91. The van der Waals surface area contributed by atoms with Crippen LogP contribution in [0.4, 0.5) is 0 Å². The number of ether oxygens (including phenoxy) is 1.